The summed E-state index contributed by atoms with van der Waals surface area (Å²) in [5.74, 6) is -0.521. The fraction of sp³-hybridized carbons (Fsp3) is 0.682. The van der Waals surface area contributed by atoms with Gasteiger partial charge in [0.1, 0.15) is 12.4 Å². The number of carbonyl (C=O) groups is 1. The van der Waals surface area contributed by atoms with Crippen LogP contribution in [-0.4, -0.2) is 87.1 Å². The first kappa shape index (κ1) is 25.8. The Morgan fingerprint density at radius 1 is 1.06 bits per heavy atom. The van der Waals surface area contributed by atoms with Crippen LogP contribution in [0.25, 0.3) is 0 Å². The van der Waals surface area contributed by atoms with Crippen LogP contribution in [0.2, 0.25) is 0 Å². The minimum atomic E-state index is -4.63. The number of ether oxygens (including phenoxy) is 2. The molecule has 0 amide bonds. The zero-order valence-corrected chi connectivity index (χ0v) is 19.8. The van der Waals surface area contributed by atoms with Crippen molar-refractivity contribution in [2.75, 3.05) is 53.0 Å². The number of hydrogen-bond donors (Lipinski definition) is 0. The van der Waals surface area contributed by atoms with Crippen molar-refractivity contribution >= 4 is 18.6 Å². The molecule has 0 bridgehead atoms. The Morgan fingerprint density at radius 2 is 1.64 bits per heavy atom. The molecule has 0 unspecified atom stereocenters. The first-order valence-corrected chi connectivity index (χ1v) is 11.0. The summed E-state index contributed by atoms with van der Waals surface area (Å²) in [6, 6.07) is 4.22. The third kappa shape index (κ3) is 6.01. The van der Waals surface area contributed by atoms with Crippen molar-refractivity contribution in [2.45, 2.75) is 45.1 Å². The van der Waals surface area contributed by atoms with Crippen LogP contribution in [0.1, 0.15) is 33.3 Å². The number of nitrogens with zero attached hydrogens (tertiary/aromatic N) is 2. The van der Waals surface area contributed by atoms with Gasteiger partial charge < -0.3 is 18.8 Å². The predicted molar refractivity (Wildman–Crippen MR) is 118 cm³/mol. The van der Waals surface area contributed by atoms with E-state index >= 15 is 0 Å². The second-order valence-corrected chi connectivity index (χ2v) is 9.35. The van der Waals surface area contributed by atoms with Crippen molar-refractivity contribution in [2.24, 2.45) is 0 Å². The largest absolute Gasteiger partial charge is 0.495 e. The molecule has 0 radical (unpaired) electrons. The van der Waals surface area contributed by atoms with E-state index in [2.05, 4.69) is 9.64 Å². The van der Waals surface area contributed by atoms with E-state index < -0.39 is 30.1 Å². The number of methoxy groups -OCH3 is 1. The van der Waals surface area contributed by atoms with Crippen LogP contribution in [0, 0.1) is 0 Å². The Labute approximate surface area is 193 Å². The molecule has 2 saturated heterocycles. The standard InChI is InChI=1S/C22H32BF3N2O5/c1-20(2)21(3,4)33-23(32-20)16-7-6-8-17(19(16)22(24,25)26)31-14-13-27-9-11-28(12-10-27)15-18(29)30-5/h6-8H,9-15H2,1-5H3. The van der Waals surface area contributed by atoms with Crippen molar-refractivity contribution in [3.05, 3.63) is 23.8 Å². The molecule has 0 spiro atoms. The van der Waals surface area contributed by atoms with E-state index in [4.69, 9.17) is 14.0 Å². The summed E-state index contributed by atoms with van der Waals surface area (Å²) < 4.78 is 64.2. The fourth-order valence-electron chi connectivity index (χ4n) is 3.84. The lowest BCUT2D eigenvalue weighted by Crippen LogP contribution is -2.49. The molecule has 7 nitrogen and oxygen atoms in total. The summed E-state index contributed by atoms with van der Waals surface area (Å²) in [5.41, 5.74) is -2.47. The molecule has 0 saturated carbocycles. The average Bonchev–Trinajstić information content (AvgIpc) is 2.95. The molecule has 1 aromatic rings. The molecule has 184 valence electrons. The Balaban J connectivity index is 1.65. The monoisotopic (exact) mass is 472 g/mol. The quantitative estimate of drug-likeness (QED) is 0.446. The van der Waals surface area contributed by atoms with Gasteiger partial charge in [-0.25, -0.2) is 0 Å². The first-order valence-electron chi connectivity index (χ1n) is 11.0. The van der Waals surface area contributed by atoms with Crippen molar-refractivity contribution in [3.63, 3.8) is 0 Å². The van der Waals surface area contributed by atoms with Crippen LogP contribution < -0.4 is 10.2 Å². The Bertz CT molecular complexity index is 826. The number of esters is 1. The van der Waals surface area contributed by atoms with Gasteiger partial charge in [0, 0.05) is 32.7 Å². The molecule has 0 atom stereocenters. The van der Waals surface area contributed by atoms with E-state index in [1.165, 1.54) is 25.3 Å². The Hall–Kier alpha value is -1.82. The zero-order chi connectivity index (χ0) is 24.4. The summed E-state index contributed by atoms with van der Waals surface area (Å²) in [7, 11) is 0.213. The second-order valence-electron chi connectivity index (χ2n) is 9.35. The van der Waals surface area contributed by atoms with Crippen LogP contribution in [0.5, 0.6) is 5.75 Å². The third-order valence-corrected chi connectivity index (χ3v) is 6.56. The van der Waals surface area contributed by atoms with Crippen LogP contribution in [0.15, 0.2) is 18.2 Å². The molecule has 1 aromatic carbocycles. The van der Waals surface area contributed by atoms with Crippen molar-refractivity contribution in [1.82, 2.24) is 9.80 Å². The predicted octanol–water partition coefficient (Wildman–Crippen LogP) is 2.17. The molecule has 2 aliphatic rings. The molecule has 2 fully saturated rings. The van der Waals surface area contributed by atoms with E-state index in [1.807, 2.05) is 4.90 Å². The number of alkyl halides is 3. The number of carbonyl (C=O) groups excluding carboxylic acids is 1. The summed E-state index contributed by atoms with van der Waals surface area (Å²) >= 11 is 0. The molecule has 3 rings (SSSR count). The van der Waals surface area contributed by atoms with Crippen molar-refractivity contribution in [3.8, 4) is 5.75 Å². The van der Waals surface area contributed by atoms with Crippen LogP contribution >= 0.6 is 0 Å². The normalized spacial score (nSPS) is 21.3. The van der Waals surface area contributed by atoms with Crippen LogP contribution in [-0.2, 0) is 25.0 Å². The molecule has 33 heavy (non-hydrogen) atoms. The smallest absolute Gasteiger partial charge is 0.492 e. The number of hydrogen-bond acceptors (Lipinski definition) is 7. The molecule has 2 aliphatic heterocycles. The minimum Gasteiger partial charge on any atom is -0.492 e. The highest BCUT2D eigenvalue weighted by Gasteiger charge is 2.54. The average molecular weight is 472 g/mol. The molecular weight excluding hydrogens is 440 g/mol. The molecular formula is C22H32BF3N2O5. The molecule has 2 heterocycles. The maximum absolute atomic E-state index is 14.1. The maximum Gasteiger partial charge on any atom is 0.495 e. The van der Waals surface area contributed by atoms with Gasteiger partial charge in [-0.05, 0) is 39.2 Å². The lowest BCUT2D eigenvalue weighted by Gasteiger charge is -2.33. The first-order chi connectivity index (χ1) is 15.3. The van der Waals surface area contributed by atoms with Gasteiger partial charge >= 0.3 is 19.3 Å². The van der Waals surface area contributed by atoms with E-state index in [0.29, 0.717) is 32.7 Å². The lowest BCUT2D eigenvalue weighted by atomic mass is 9.75. The van der Waals surface area contributed by atoms with Gasteiger partial charge in [0.15, 0.2) is 0 Å². The van der Waals surface area contributed by atoms with E-state index in [-0.39, 0.29) is 30.3 Å². The van der Waals surface area contributed by atoms with Gasteiger partial charge in [-0.2, -0.15) is 13.2 Å². The lowest BCUT2D eigenvalue weighted by molar-refractivity contribution is -0.142. The van der Waals surface area contributed by atoms with E-state index in [1.54, 1.807) is 27.7 Å². The van der Waals surface area contributed by atoms with Crippen LogP contribution in [0.3, 0.4) is 0 Å². The zero-order valence-electron chi connectivity index (χ0n) is 19.8. The van der Waals surface area contributed by atoms with Gasteiger partial charge in [-0.15, -0.1) is 0 Å². The minimum absolute atomic E-state index is 0.0879. The van der Waals surface area contributed by atoms with Gasteiger partial charge in [-0.1, -0.05) is 12.1 Å². The summed E-state index contributed by atoms with van der Waals surface area (Å²) in [4.78, 5) is 15.5. The molecule has 0 aromatic heterocycles. The fourth-order valence-corrected chi connectivity index (χ4v) is 3.84. The summed E-state index contributed by atoms with van der Waals surface area (Å²) in [6.07, 6.45) is -4.63. The highest BCUT2D eigenvalue weighted by molar-refractivity contribution is 6.62. The van der Waals surface area contributed by atoms with Crippen molar-refractivity contribution < 1.29 is 36.7 Å². The van der Waals surface area contributed by atoms with Gasteiger partial charge in [0.05, 0.1) is 30.4 Å². The summed E-state index contributed by atoms with van der Waals surface area (Å²) in [5, 5.41) is 0. The summed E-state index contributed by atoms with van der Waals surface area (Å²) in [6.45, 7) is 10.8. The Morgan fingerprint density at radius 3 is 2.18 bits per heavy atom. The topological polar surface area (TPSA) is 60.5 Å². The molecule has 0 aliphatic carbocycles. The Kier molecular flexibility index (Phi) is 7.67. The second kappa shape index (κ2) is 9.81. The highest BCUT2D eigenvalue weighted by atomic mass is 19.4. The van der Waals surface area contributed by atoms with Gasteiger partial charge in [0.25, 0.3) is 0 Å². The maximum atomic E-state index is 14.1. The SMILES string of the molecule is COC(=O)CN1CCN(CCOc2cccc(B3OC(C)(C)C(C)(C)O3)c2C(F)(F)F)CC1. The number of halogens is 3. The molecule has 0 N–H and O–H groups in total. The van der Waals surface area contributed by atoms with E-state index in [9.17, 15) is 18.0 Å². The van der Waals surface area contributed by atoms with Crippen molar-refractivity contribution in [1.29, 1.82) is 0 Å². The van der Waals surface area contributed by atoms with E-state index in [0.717, 1.165) is 0 Å². The highest BCUT2D eigenvalue weighted by Crippen LogP contribution is 2.40. The van der Waals surface area contributed by atoms with Crippen LogP contribution in [0.4, 0.5) is 13.2 Å². The number of rotatable bonds is 7. The molecule has 11 heteroatoms. The number of benzene rings is 1. The van der Waals surface area contributed by atoms with Gasteiger partial charge in [-0.3, -0.25) is 14.6 Å². The third-order valence-electron chi connectivity index (χ3n) is 6.56. The van der Waals surface area contributed by atoms with Gasteiger partial charge in [0.2, 0.25) is 0 Å². The number of piperazine rings is 1.